The SMILES string of the molecule is CCCCCc1ccc(C(=O)N(CCCOCC)CC(=O)N2CCc3sccc3C2c2ccc(Cl)cc2Cl)cc1. The third-order valence-electron chi connectivity index (χ3n) is 7.35. The number of fused-ring (bicyclic) bond motifs is 1. The Bertz CT molecular complexity index is 1280. The number of thiophene rings is 1. The molecule has 0 radical (unpaired) electrons. The first kappa shape index (κ1) is 30.6. The van der Waals surface area contributed by atoms with E-state index in [1.165, 1.54) is 23.3 Å². The fourth-order valence-corrected chi connectivity index (χ4v) is 6.64. The number of carbonyl (C=O) groups excluding carboxylic acids is 2. The van der Waals surface area contributed by atoms with E-state index in [4.69, 9.17) is 27.9 Å². The van der Waals surface area contributed by atoms with E-state index in [0.717, 1.165) is 30.4 Å². The summed E-state index contributed by atoms with van der Waals surface area (Å²) in [7, 11) is 0. The number of aryl methyl sites for hydroxylation is 1. The zero-order chi connectivity index (χ0) is 28.5. The van der Waals surface area contributed by atoms with Gasteiger partial charge in [0.25, 0.3) is 5.91 Å². The molecule has 0 bridgehead atoms. The Hall–Kier alpha value is -2.38. The highest BCUT2D eigenvalue weighted by Gasteiger charge is 2.35. The van der Waals surface area contributed by atoms with E-state index in [1.54, 1.807) is 22.3 Å². The first-order valence-electron chi connectivity index (χ1n) is 14.2. The number of amides is 2. The summed E-state index contributed by atoms with van der Waals surface area (Å²) in [4.78, 5) is 32.4. The lowest BCUT2D eigenvalue weighted by Crippen LogP contribution is -2.47. The minimum Gasteiger partial charge on any atom is -0.382 e. The average molecular weight is 602 g/mol. The molecule has 1 aromatic heterocycles. The maximum atomic E-state index is 14.0. The normalized spacial score (nSPS) is 14.7. The lowest BCUT2D eigenvalue weighted by atomic mass is 9.93. The van der Waals surface area contributed by atoms with Crippen LogP contribution in [0.3, 0.4) is 0 Å². The Morgan fingerprint density at radius 3 is 2.55 bits per heavy atom. The van der Waals surface area contributed by atoms with E-state index in [9.17, 15) is 9.59 Å². The van der Waals surface area contributed by atoms with Crippen LogP contribution in [0.15, 0.2) is 53.9 Å². The van der Waals surface area contributed by atoms with Crippen molar-refractivity contribution in [2.75, 3.05) is 32.8 Å². The van der Waals surface area contributed by atoms with Crippen molar-refractivity contribution in [1.82, 2.24) is 9.80 Å². The van der Waals surface area contributed by atoms with E-state index < -0.39 is 0 Å². The largest absolute Gasteiger partial charge is 0.382 e. The number of hydrogen-bond acceptors (Lipinski definition) is 4. The standard InChI is InChI=1S/C32H38Cl2N2O3S/c1-3-5-6-8-23-9-11-24(12-10-23)32(38)35(17-7-19-39-4-2)22-30(37)36-18-15-29-27(16-20-40-29)31(36)26-14-13-25(33)21-28(26)34/h9-14,16,20-21,31H,3-8,15,17-19,22H2,1-2H3. The molecule has 0 fully saturated rings. The monoisotopic (exact) mass is 600 g/mol. The molecule has 1 atom stereocenters. The molecule has 8 heteroatoms. The number of benzene rings is 2. The minimum atomic E-state index is -0.324. The van der Waals surface area contributed by atoms with Crippen LogP contribution in [0.1, 0.15) is 77.5 Å². The summed E-state index contributed by atoms with van der Waals surface area (Å²) in [6.07, 6.45) is 5.95. The van der Waals surface area contributed by atoms with Crippen LogP contribution in [0.25, 0.3) is 0 Å². The summed E-state index contributed by atoms with van der Waals surface area (Å²) in [6.45, 7) is 6.28. The molecule has 3 aromatic rings. The van der Waals surface area contributed by atoms with Crippen molar-refractivity contribution >= 4 is 46.4 Å². The molecule has 40 heavy (non-hydrogen) atoms. The average Bonchev–Trinajstić information content (AvgIpc) is 3.44. The Morgan fingerprint density at radius 1 is 1.02 bits per heavy atom. The van der Waals surface area contributed by atoms with Gasteiger partial charge in [0.05, 0.1) is 6.04 Å². The van der Waals surface area contributed by atoms with Crippen molar-refractivity contribution in [2.24, 2.45) is 0 Å². The van der Waals surface area contributed by atoms with Crippen LogP contribution in [0.5, 0.6) is 0 Å². The molecule has 1 unspecified atom stereocenters. The predicted octanol–water partition coefficient (Wildman–Crippen LogP) is 7.83. The molecular formula is C32H38Cl2N2O3S. The second-order valence-corrected chi connectivity index (χ2v) is 12.0. The molecule has 2 aromatic carbocycles. The summed E-state index contributed by atoms with van der Waals surface area (Å²) in [6, 6.07) is 15.0. The molecule has 0 N–H and O–H groups in total. The molecule has 5 nitrogen and oxygen atoms in total. The molecule has 2 amide bonds. The van der Waals surface area contributed by atoms with Crippen LogP contribution in [-0.2, 0) is 22.4 Å². The van der Waals surface area contributed by atoms with Crippen molar-refractivity contribution in [3.05, 3.63) is 91.1 Å². The summed E-state index contributed by atoms with van der Waals surface area (Å²) in [5.74, 6) is -0.243. The second-order valence-electron chi connectivity index (χ2n) is 10.1. The molecule has 0 saturated heterocycles. The number of unbranched alkanes of at least 4 members (excludes halogenated alkanes) is 2. The van der Waals surface area contributed by atoms with Crippen molar-refractivity contribution in [2.45, 2.75) is 58.4 Å². The predicted molar refractivity (Wildman–Crippen MR) is 165 cm³/mol. The highest BCUT2D eigenvalue weighted by Crippen LogP contribution is 2.41. The van der Waals surface area contributed by atoms with Crippen LogP contribution in [0.2, 0.25) is 10.0 Å². The highest BCUT2D eigenvalue weighted by atomic mass is 35.5. The third kappa shape index (κ3) is 7.67. The van der Waals surface area contributed by atoms with E-state index in [2.05, 4.69) is 18.4 Å². The quantitative estimate of drug-likeness (QED) is 0.188. The Balaban J connectivity index is 1.55. The zero-order valence-corrected chi connectivity index (χ0v) is 25.7. The summed E-state index contributed by atoms with van der Waals surface area (Å²) in [5, 5.41) is 3.14. The molecule has 0 aliphatic carbocycles. The Morgan fingerprint density at radius 2 is 1.82 bits per heavy atom. The topological polar surface area (TPSA) is 49.9 Å². The van der Waals surface area contributed by atoms with Crippen LogP contribution < -0.4 is 0 Å². The molecule has 214 valence electrons. The van der Waals surface area contributed by atoms with Gasteiger partial charge in [0.1, 0.15) is 6.54 Å². The van der Waals surface area contributed by atoms with Crippen molar-refractivity contribution < 1.29 is 14.3 Å². The van der Waals surface area contributed by atoms with Gasteiger partial charge in [-0.3, -0.25) is 9.59 Å². The number of ether oxygens (including phenoxy) is 1. The first-order chi connectivity index (χ1) is 19.4. The van der Waals surface area contributed by atoms with E-state index in [-0.39, 0.29) is 24.4 Å². The fourth-order valence-electron chi connectivity index (χ4n) is 5.23. The van der Waals surface area contributed by atoms with Gasteiger partial charge in [-0.1, -0.05) is 61.2 Å². The molecule has 0 spiro atoms. The van der Waals surface area contributed by atoms with Crippen LogP contribution in [0, 0.1) is 0 Å². The molecule has 2 heterocycles. The molecule has 1 aliphatic heterocycles. The van der Waals surface area contributed by atoms with E-state index in [1.807, 2.05) is 48.2 Å². The van der Waals surface area contributed by atoms with Gasteiger partial charge in [0, 0.05) is 46.8 Å². The van der Waals surface area contributed by atoms with Gasteiger partial charge in [-0.05, 0) is 85.0 Å². The number of hydrogen-bond donors (Lipinski definition) is 0. The van der Waals surface area contributed by atoms with Gasteiger partial charge in [-0.25, -0.2) is 0 Å². The molecular weight excluding hydrogens is 563 g/mol. The fraction of sp³-hybridized carbons (Fsp3) is 0.438. The molecule has 0 saturated carbocycles. The summed E-state index contributed by atoms with van der Waals surface area (Å²) in [5.41, 5.74) is 3.75. The maximum absolute atomic E-state index is 14.0. The molecule has 4 rings (SSSR count). The highest BCUT2D eigenvalue weighted by molar-refractivity contribution is 7.10. The second kappa shape index (κ2) is 15.0. The van der Waals surface area contributed by atoms with Gasteiger partial charge in [-0.2, -0.15) is 0 Å². The van der Waals surface area contributed by atoms with Crippen LogP contribution in [-0.4, -0.2) is 54.5 Å². The summed E-state index contributed by atoms with van der Waals surface area (Å²) >= 11 is 14.5. The maximum Gasteiger partial charge on any atom is 0.254 e. The third-order valence-corrected chi connectivity index (χ3v) is 8.91. The summed E-state index contributed by atoms with van der Waals surface area (Å²) < 4.78 is 5.52. The van der Waals surface area contributed by atoms with Gasteiger partial charge in [0.15, 0.2) is 0 Å². The number of rotatable bonds is 13. The number of nitrogens with zero attached hydrogens (tertiary/aromatic N) is 2. The van der Waals surface area contributed by atoms with Gasteiger partial charge < -0.3 is 14.5 Å². The first-order valence-corrected chi connectivity index (χ1v) is 15.8. The van der Waals surface area contributed by atoms with Crippen molar-refractivity contribution in [3.8, 4) is 0 Å². The van der Waals surface area contributed by atoms with Crippen molar-refractivity contribution in [1.29, 1.82) is 0 Å². The Kier molecular flexibility index (Phi) is 11.5. The van der Waals surface area contributed by atoms with Crippen molar-refractivity contribution in [3.63, 3.8) is 0 Å². The number of carbonyl (C=O) groups is 2. The zero-order valence-electron chi connectivity index (χ0n) is 23.3. The van der Waals surface area contributed by atoms with Gasteiger partial charge in [0.2, 0.25) is 5.91 Å². The smallest absolute Gasteiger partial charge is 0.254 e. The Labute approximate surface area is 252 Å². The molecule has 1 aliphatic rings. The lowest BCUT2D eigenvalue weighted by molar-refractivity contribution is -0.134. The van der Waals surface area contributed by atoms with Crippen LogP contribution >= 0.6 is 34.5 Å². The van der Waals surface area contributed by atoms with Crippen LogP contribution in [0.4, 0.5) is 0 Å². The lowest BCUT2D eigenvalue weighted by Gasteiger charge is -2.38. The number of halogens is 2. The van der Waals surface area contributed by atoms with Gasteiger partial charge >= 0.3 is 0 Å². The minimum absolute atomic E-state index is 0.00953. The van der Waals surface area contributed by atoms with Gasteiger partial charge in [-0.15, -0.1) is 11.3 Å². The van der Waals surface area contributed by atoms with E-state index in [0.29, 0.717) is 48.3 Å². The van der Waals surface area contributed by atoms with E-state index >= 15 is 0 Å².